The smallest absolute Gasteiger partial charge is 0.268 e. The van der Waals surface area contributed by atoms with Crippen LogP contribution < -0.4 is 4.83 Å². The Kier molecular flexibility index (Phi) is 3.94. The largest absolute Gasteiger partial charge is 0.392 e. The average molecular weight is 212 g/mol. The van der Waals surface area contributed by atoms with Gasteiger partial charge in [-0.05, 0) is 11.6 Å². The van der Waals surface area contributed by atoms with E-state index in [2.05, 4.69) is 17.6 Å². The van der Waals surface area contributed by atoms with E-state index in [1.165, 1.54) is 5.01 Å². The summed E-state index contributed by atoms with van der Waals surface area (Å²) in [5.41, 5.74) is 1.08. The summed E-state index contributed by atoms with van der Waals surface area (Å²) in [5, 5.41) is 10.2. The number of carbonyl (C=O) groups excluding carboxylic acids is 1. The number of hydrogen-bond donors (Lipinski definition) is 3. The van der Waals surface area contributed by atoms with Crippen molar-refractivity contribution in [2.45, 2.75) is 6.61 Å². The Balaban J connectivity index is 3.00. The third-order valence-corrected chi connectivity index (χ3v) is 2.17. The third kappa shape index (κ3) is 2.25. The summed E-state index contributed by atoms with van der Waals surface area (Å²) >= 11 is 3.76. The lowest BCUT2D eigenvalue weighted by atomic mass is 10.1. The second-order valence-corrected chi connectivity index (χ2v) is 2.98. The lowest BCUT2D eigenvalue weighted by molar-refractivity contribution is 0.0768. The van der Waals surface area contributed by atoms with E-state index in [1.54, 1.807) is 31.3 Å². The van der Waals surface area contributed by atoms with Crippen LogP contribution >= 0.6 is 12.8 Å². The van der Waals surface area contributed by atoms with Crippen LogP contribution in [-0.2, 0) is 6.61 Å². The molecular formula is C9H12N2O2S. The molecule has 1 aromatic carbocycles. The molecule has 0 spiro atoms. The van der Waals surface area contributed by atoms with Crippen LogP contribution in [0.5, 0.6) is 0 Å². The van der Waals surface area contributed by atoms with E-state index in [9.17, 15) is 4.79 Å². The van der Waals surface area contributed by atoms with E-state index in [1.807, 2.05) is 0 Å². The fourth-order valence-electron chi connectivity index (χ4n) is 1.09. The van der Waals surface area contributed by atoms with Crippen LogP contribution in [0.15, 0.2) is 24.3 Å². The van der Waals surface area contributed by atoms with E-state index < -0.39 is 0 Å². The molecule has 5 heteroatoms. The number of nitrogens with one attached hydrogen (secondary N) is 1. The van der Waals surface area contributed by atoms with Crippen molar-refractivity contribution in [2.75, 3.05) is 7.05 Å². The van der Waals surface area contributed by atoms with Crippen LogP contribution in [0.25, 0.3) is 0 Å². The molecule has 76 valence electrons. The van der Waals surface area contributed by atoms with Gasteiger partial charge in [-0.15, -0.1) is 0 Å². The van der Waals surface area contributed by atoms with Crippen LogP contribution in [0.1, 0.15) is 15.9 Å². The summed E-state index contributed by atoms with van der Waals surface area (Å²) in [6.45, 7) is -0.150. The number of carbonyl (C=O) groups is 1. The molecule has 0 aliphatic heterocycles. The van der Waals surface area contributed by atoms with E-state index >= 15 is 0 Å². The van der Waals surface area contributed by atoms with Gasteiger partial charge in [0.05, 0.1) is 6.61 Å². The number of hydrogen-bond acceptors (Lipinski definition) is 4. The third-order valence-electron chi connectivity index (χ3n) is 1.87. The molecule has 0 bridgehead atoms. The average Bonchev–Trinajstić information content (AvgIpc) is 2.26. The predicted octanol–water partition coefficient (Wildman–Crippen LogP) is 0.600. The van der Waals surface area contributed by atoms with Crippen molar-refractivity contribution >= 4 is 18.7 Å². The van der Waals surface area contributed by atoms with Crippen molar-refractivity contribution < 1.29 is 9.90 Å². The highest BCUT2D eigenvalue weighted by atomic mass is 32.1. The number of aliphatic hydroxyl groups excluding tert-OH is 1. The monoisotopic (exact) mass is 212 g/mol. The van der Waals surface area contributed by atoms with Gasteiger partial charge < -0.3 is 5.11 Å². The number of thiol groups is 1. The molecule has 1 aromatic rings. The first-order chi connectivity index (χ1) is 6.70. The molecule has 2 N–H and O–H groups in total. The minimum Gasteiger partial charge on any atom is -0.392 e. The number of aliphatic hydroxyl groups is 1. The first-order valence-electron chi connectivity index (χ1n) is 4.07. The Hall–Kier alpha value is -1.04. The highest BCUT2D eigenvalue weighted by Gasteiger charge is 2.13. The number of hydrazine groups is 1. The zero-order valence-corrected chi connectivity index (χ0v) is 8.66. The standard InChI is InChI=1S/C9H12N2O2S/c1-11(10-14)9(13)8-5-3-2-4-7(8)6-12/h2-5,10,12,14H,6H2,1H3. The summed E-state index contributed by atoms with van der Waals surface area (Å²) in [7, 11) is 1.56. The van der Waals surface area contributed by atoms with Gasteiger partial charge in [0.1, 0.15) is 0 Å². The normalized spacial score (nSPS) is 9.93. The minimum atomic E-state index is -0.232. The van der Waals surface area contributed by atoms with Gasteiger partial charge in [-0.2, -0.15) is 4.83 Å². The molecule has 0 aromatic heterocycles. The fourth-order valence-corrected chi connectivity index (χ4v) is 1.18. The molecule has 0 heterocycles. The van der Waals surface area contributed by atoms with Crippen LogP contribution in [0.3, 0.4) is 0 Å². The second-order valence-electron chi connectivity index (χ2n) is 2.78. The second kappa shape index (κ2) is 4.99. The van der Waals surface area contributed by atoms with Crippen molar-refractivity contribution in [1.82, 2.24) is 9.84 Å². The van der Waals surface area contributed by atoms with Crippen LogP contribution in [-0.4, -0.2) is 23.1 Å². The predicted molar refractivity (Wildman–Crippen MR) is 56.6 cm³/mol. The lowest BCUT2D eigenvalue weighted by Gasteiger charge is -2.15. The molecule has 0 aliphatic carbocycles. The number of nitrogens with zero attached hydrogens (tertiary/aromatic N) is 1. The number of benzene rings is 1. The highest BCUT2D eigenvalue weighted by Crippen LogP contribution is 2.10. The minimum absolute atomic E-state index is 0.150. The van der Waals surface area contributed by atoms with Crippen LogP contribution in [0, 0.1) is 0 Å². The summed E-state index contributed by atoms with van der Waals surface area (Å²) in [6, 6.07) is 6.89. The first kappa shape index (κ1) is 11.0. The van der Waals surface area contributed by atoms with E-state index in [0.29, 0.717) is 11.1 Å². The Morgan fingerprint density at radius 3 is 2.79 bits per heavy atom. The van der Waals surface area contributed by atoms with Crippen molar-refractivity contribution in [3.8, 4) is 0 Å². The summed E-state index contributed by atoms with van der Waals surface area (Å²) in [4.78, 5) is 14.1. The van der Waals surface area contributed by atoms with E-state index in [-0.39, 0.29) is 12.5 Å². The maximum atomic E-state index is 11.7. The van der Waals surface area contributed by atoms with Crippen LogP contribution in [0.4, 0.5) is 0 Å². The number of amides is 1. The molecule has 0 atom stereocenters. The topological polar surface area (TPSA) is 52.6 Å². The zero-order valence-electron chi connectivity index (χ0n) is 7.77. The molecule has 0 radical (unpaired) electrons. The van der Waals surface area contributed by atoms with Gasteiger partial charge in [0, 0.05) is 12.6 Å². The molecule has 4 nitrogen and oxygen atoms in total. The van der Waals surface area contributed by atoms with Gasteiger partial charge in [0.25, 0.3) is 5.91 Å². The van der Waals surface area contributed by atoms with Gasteiger partial charge >= 0.3 is 0 Å². The quantitative estimate of drug-likeness (QED) is 0.508. The first-order valence-corrected chi connectivity index (χ1v) is 4.52. The van der Waals surface area contributed by atoms with Crippen LogP contribution in [0.2, 0.25) is 0 Å². The molecular weight excluding hydrogens is 200 g/mol. The Labute approximate surface area is 88.1 Å². The maximum absolute atomic E-state index is 11.7. The van der Waals surface area contributed by atoms with Crippen molar-refractivity contribution in [1.29, 1.82) is 0 Å². The number of rotatable bonds is 3. The van der Waals surface area contributed by atoms with Gasteiger partial charge in [-0.3, -0.25) is 9.80 Å². The Bertz CT molecular complexity index is 330. The molecule has 0 unspecified atom stereocenters. The fraction of sp³-hybridized carbons (Fsp3) is 0.222. The van der Waals surface area contributed by atoms with Crippen molar-refractivity contribution in [3.63, 3.8) is 0 Å². The summed E-state index contributed by atoms with van der Waals surface area (Å²) in [5.74, 6) is -0.232. The SMILES string of the molecule is CN(NS)C(=O)c1ccccc1CO. The molecule has 1 amide bonds. The van der Waals surface area contributed by atoms with Gasteiger partial charge in [0.2, 0.25) is 0 Å². The highest BCUT2D eigenvalue weighted by molar-refractivity contribution is 7.78. The lowest BCUT2D eigenvalue weighted by Crippen LogP contribution is -2.34. The Morgan fingerprint density at radius 1 is 1.57 bits per heavy atom. The van der Waals surface area contributed by atoms with Gasteiger partial charge in [-0.25, -0.2) is 0 Å². The molecule has 0 saturated carbocycles. The zero-order chi connectivity index (χ0) is 10.6. The van der Waals surface area contributed by atoms with Gasteiger partial charge in [0.15, 0.2) is 0 Å². The van der Waals surface area contributed by atoms with E-state index in [0.717, 1.165) is 0 Å². The van der Waals surface area contributed by atoms with Crippen molar-refractivity contribution in [2.24, 2.45) is 0 Å². The molecule has 0 fully saturated rings. The Morgan fingerprint density at radius 2 is 2.21 bits per heavy atom. The van der Waals surface area contributed by atoms with E-state index in [4.69, 9.17) is 5.11 Å². The molecule has 14 heavy (non-hydrogen) atoms. The van der Waals surface area contributed by atoms with Crippen molar-refractivity contribution in [3.05, 3.63) is 35.4 Å². The summed E-state index contributed by atoms with van der Waals surface area (Å²) < 4.78 is 0. The molecule has 1 rings (SSSR count). The molecule has 0 aliphatic rings. The van der Waals surface area contributed by atoms with Gasteiger partial charge in [-0.1, -0.05) is 31.0 Å². The maximum Gasteiger partial charge on any atom is 0.268 e. The summed E-state index contributed by atoms with van der Waals surface area (Å²) in [6.07, 6.45) is 0. The molecule has 0 saturated heterocycles.